The Kier molecular flexibility index (Phi) is 3.84. The molecule has 0 aliphatic heterocycles. The van der Waals surface area contributed by atoms with Crippen LogP contribution in [0.25, 0.3) is 0 Å². The number of nitrogen functional groups attached to an aromatic ring is 1. The van der Waals surface area contributed by atoms with Gasteiger partial charge in [-0.2, -0.15) is 5.26 Å². The highest BCUT2D eigenvalue weighted by molar-refractivity contribution is 7.89. The minimum atomic E-state index is -3.85. The lowest BCUT2D eigenvalue weighted by Crippen LogP contribution is -2.16. The molecule has 0 atom stereocenters. The largest absolute Gasteiger partial charge is 0.398 e. The second-order valence-electron chi connectivity index (χ2n) is 4.46. The van der Waals surface area contributed by atoms with E-state index in [2.05, 4.69) is 6.07 Å². The van der Waals surface area contributed by atoms with Crippen molar-refractivity contribution in [2.24, 2.45) is 5.14 Å². The SMILES string of the molecule is CN(c1ccc(S(N)(=O)=O)c(N)c1)c1ccccc1C#N. The Hall–Kier alpha value is -2.56. The van der Waals surface area contributed by atoms with E-state index in [9.17, 15) is 8.42 Å². The predicted molar refractivity (Wildman–Crippen MR) is 81.4 cm³/mol. The van der Waals surface area contributed by atoms with E-state index in [1.54, 1.807) is 36.2 Å². The Morgan fingerprint density at radius 2 is 1.86 bits per heavy atom. The summed E-state index contributed by atoms with van der Waals surface area (Å²) in [5.41, 5.74) is 7.67. The molecule has 0 spiro atoms. The van der Waals surface area contributed by atoms with Crippen LogP contribution in [0.2, 0.25) is 0 Å². The highest BCUT2D eigenvalue weighted by Gasteiger charge is 2.15. The molecule has 0 amide bonds. The number of sulfonamides is 1. The zero-order valence-electron chi connectivity index (χ0n) is 11.3. The van der Waals surface area contributed by atoms with Crippen LogP contribution < -0.4 is 15.8 Å². The minimum absolute atomic E-state index is 0.0660. The third-order valence-corrected chi connectivity index (χ3v) is 4.06. The molecule has 0 saturated carbocycles. The Bertz CT molecular complexity index is 825. The van der Waals surface area contributed by atoms with Crippen molar-refractivity contribution < 1.29 is 8.42 Å². The number of nitriles is 1. The lowest BCUT2D eigenvalue weighted by molar-refractivity contribution is 0.598. The fourth-order valence-corrected chi connectivity index (χ4v) is 2.65. The molecule has 0 aromatic heterocycles. The molecule has 2 rings (SSSR count). The zero-order valence-corrected chi connectivity index (χ0v) is 12.1. The number of nitrogens with zero attached hydrogens (tertiary/aromatic N) is 2. The van der Waals surface area contributed by atoms with Crippen LogP contribution in [0.15, 0.2) is 47.4 Å². The summed E-state index contributed by atoms with van der Waals surface area (Å²) in [7, 11) is -2.08. The number of primary sulfonamides is 1. The maximum absolute atomic E-state index is 11.3. The van der Waals surface area contributed by atoms with Crippen LogP contribution in [0.3, 0.4) is 0 Å². The molecule has 2 aromatic rings. The smallest absolute Gasteiger partial charge is 0.240 e. The summed E-state index contributed by atoms with van der Waals surface area (Å²) in [6.45, 7) is 0. The van der Waals surface area contributed by atoms with Gasteiger partial charge in [-0.15, -0.1) is 0 Å². The number of anilines is 3. The first-order valence-electron chi connectivity index (χ1n) is 6.00. The summed E-state index contributed by atoms with van der Waals surface area (Å²) < 4.78 is 22.7. The van der Waals surface area contributed by atoms with Crippen molar-refractivity contribution >= 4 is 27.1 Å². The molecule has 0 radical (unpaired) electrons. The molecule has 4 N–H and O–H groups in total. The standard InChI is InChI=1S/C14H14N4O2S/c1-18(13-5-3-2-4-10(13)9-15)11-6-7-14(12(16)8-11)21(17,19)20/h2-8H,16H2,1H3,(H2,17,19,20). The van der Waals surface area contributed by atoms with Gasteiger partial charge in [0.15, 0.2) is 0 Å². The molecule has 0 bridgehead atoms. The molecular formula is C14H14N4O2S. The van der Waals surface area contributed by atoms with Crippen molar-refractivity contribution in [3.63, 3.8) is 0 Å². The van der Waals surface area contributed by atoms with Crippen molar-refractivity contribution in [1.29, 1.82) is 5.26 Å². The first-order chi connectivity index (χ1) is 9.84. The van der Waals surface area contributed by atoms with E-state index >= 15 is 0 Å². The van der Waals surface area contributed by atoms with Crippen LogP contribution in [0.4, 0.5) is 17.1 Å². The van der Waals surface area contributed by atoms with Gasteiger partial charge in [-0.1, -0.05) is 12.1 Å². The normalized spacial score (nSPS) is 10.9. The van der Waals surface area contributed by atoms with E-state index in [1.807, 2.05) is 6.07 Å². The van der Waals surface area contributed by atoms with Crippen molar-refractivity contribution in [3.8, 4) is 6.07 Å². The van der Waals surface area contributed by atoms with Crippen LogP contribution in [0.1, 0.15) is 5.56 Å². The topological polar surface area (TPSA) is 113 Å². The Balaban J connectivity index is 2.48. The van der Waals surface area contributed by atoms with Gasteiger partial charge in [0, 0.05) is 12.7 Å². The van der Waals surface area contributed by atoms with Gasteiger partial charge in [-0.05, 0) is 30.3 Å². The van der Waals surface area contributed by atoms with Crippen molar-refractivity contribution in [2.45, 2.75) is 4.90 Å². The van der Waals surface area contributed by atoms with Gasteiger partial charge in [0.2, 0.25) is 10.0 Å². The van der Waals surface area contributed by atoms with E-state index in [1.165, 1.54) is 12.1 Å². The highest BCUT2D eigenvalue weighted by Crippen LogP contribution is 2.30. The Morgan fingerprint density at radius 1 is 1.19 bits per heavy atom. The molecule has 0 saturated heterocycles. The summed E-state index contributed by atoms with van der Waals surface area (Å²) in [5, 5.41) is 14.2. The van der Waals surface area contributed by atoms with Gasteiger partial charge >= 0.3 is 0 Å². The molecule has 7 heteroatoms. The average molecular weight is 302 g/mol. The summed E-state index contributed by atoms with van der Waals surface area (Å²) >= 11 is 0. The maximum atomic E-state index is 11.3. The molecule has 2 aromatic carbocycles. The first-order valence-corrected chi connectivity index (χ1v) is 7.54. The van der Waals surface area contributed by atoms with Crippen molar-refractivity contribution in [3.05, 3.63) is 48.0 Å². The average Bonchev–Trinajstić information content (AvgIpc) is 2.45. The molecule has 0 unspecified atom stereocenters. The van der Waals surface area contributed by atoms with E-state index in [0.29, 0.717) is 16.9 Å². The van der Waals surface area contributed by atoms with E-state index in [-0.39, 0.29) is 10.6 Å². The van der Waals surface area contributed by atoms with E-state index in [4.69, 9.17) is 16.1 Å². The van der Waals surface area contributed by atoms with Gasteiger partial charge in [0.1, 0.15) is 11.0 Å². The molecule has 0 aliphatic carbocycles. The van der Waals surface area contributed by atoms with Gasteiger partial charge in [0.25, 0.3) is 0 Å². The van der Waals surface area contributed by atoms with Gasteiger partial charge in [0.05, 0.1) is 16.9 Å². The zero-order chi connectivity index (χ0) is 15.6. The van der Waals surface area contributed by atoms with Gasteiger partial charge < -0.3 is 10.6 Å². The van der Waals surface area contributed by atoms with Crippen LogP contribution >= 0.6 is 0 Å². The van der Waals surface area contributed by atoms with E-state index in [0.717, 1.165) is 0 Å². The summed E-state index contributed by atoms with van der Waals surface area (Å²) in [4.78, 5) is 1.63. The van der Waals surface area contributed by atoms with Gasteiger partial charge in [-0.25, -0.2) is 13.6 Å². The number of hydrogen-bond acceptors (Lipinski definition) is 5. The summed E-state index contributed by atoms with van der Waals surface area (Å²) in [6, 6.07) is 13.6. The molecule has 6 nitrogen and oxygen atoms in total. The fourth-order valence-electron chi connectivity index (χ4n) is 2.00. The van der Waals surface area contributed by atoms with Crippen LogP contribution in [-0.4, -0.2) is 15.5 Å². The lowest BCUT2D eigenvalue weighted by Gasteiger charge is -2.21. The molecule has 21 heavy (non-hydrogen) atoms. The van der Waals surface area contributed by atoms with Crippen LogP contribution in [0.5, 0.6) is 0 Å². The quantitative estimate of drug-likeness (QED) is 0.835. The van der Waals surface area contributed by atoms with Crippen molar-refractivity contribution in [2.75, 3.05) is 17.7 Å². The third-order valence-electron chi connectivity index (χ3n) is 3.07. The first kappa shape index (κ1) is 14.8. The second-order valence-corrected chi connectivity index (χ2v) is 5.98. The maximum Gasteiger partial charge on any atom is 0.240 e. The fraction of sp³-hybridized carbons (Fsp3) is 0.0714. The minimum Gasteiger partial charge on any atom is -0.398 e. The van der Waals surface area contributed by atoms with Crippen LogP contribution in [0, 0.1) is 11.3 Å². The lowest BCUT2D eigenvalue weighted by atomic mass is 10.1. The molecule has 0 heterocycles. The predicted octanol–water partition coefficient (Wildman–Crippen LogP) is 1.56. The number of benzene rings is 2. The van der Waals surface area contributed by atoms with Gasteiger partial charge in [-0.3, -0.25) is 0 Å². The summed E-state index contributed by atoms with van der Waals surface area (Å²) in [5.74, 6) is 0. The summed E-state index contributed by atoms with van der Waals surface area (Å²) in [6.07, 6.45) is 0. The van der Waals surface area contributed by atoms with Crippen LogP contribution in [-0.2, 0) is 10.0 Å². The number of hydrogen-bond donors (Lipinski definition) is 2. The molecular weight excluding hydrogens is 288 g/mol. The number of nitrogens with two attached hydrogens (primary N) is 2. The van der Waals surface area contributed by atoms with E-state index < -0.39 is 10.0 Å². The third kappa shape index (κ3) is 2.97. The monoisotopic (exact) mass is 302 g/mol. The Labute approximate surface area is 123 Å². The molecule has 0 fully saturated rings. The second kappa shape index (κ2) is 5.44. The number of para-hydroxylation sites is 1. The highest BCUT2D eigenvalue weighted by atomic mass is 32.2. The van der Waals surface area contributed by atoms with Crippen molar-refractivity contribution in [1.82, 2.24) is 0 Å². The molecule has 108 valence electrons. The molecule has 0 aliphatic rings. The number of rotatable bonds is 3. The Morgan fingerprint density at radius 3 is 2.43 bits per heavy atom.